The molecule has 1 saturated heterocycles. The largest absolute Gasteiger partial charge is 0.528 e. The number of benzene rings is 1. The van der Waals surface area contributed by atoms with E-state index in [1.165, 1.54) is 6.33 Å². The second kappa shape index (κ2) is 8.36. The normalized spacial score (nSPS) is 14.9. The summed E-state index contributed by atoms with van der Waals surface area (Å²) in [4.78, 5) is 21.5. The lowest BCUT2D eigenvalue weighted by Crippen LogP contribution is -2.46. The van der Waals surface area contributed by atoms with Crippen LogP contribution in [-0.4, -0.2) is 55.1 Å². The van der Waals surface area contributed by atoms with E-state index in [1.54, 1.807) is 41.9 Å². The Bertz CT molecular complexity index is 977. The van der Waals surface area contributed by atoms with Crippen LogP contribution in [0.25, 0.3) is 5.69 Å². The summed E-state index contributed by atoms with van der Waals surface area (Å²) in [5, 5.41) is 15.7. The van der Waals surface area contributed by atoms with Gasteiger partial charge in [-0.1, -0.05) is 0 Å². The van der Waals surface area contributed by atoms with Gasteiger partial charge in [0.2, 0.25) is 0 Å². The van der Waals surface area contributed by atoms with Crippen LogP contribution in [0.15, 0.2) is 36.0 Å². The lowest BCUT2D eigenvalue weighted by atomic mass is 10.0. The molecule has 11 heteroatoms. The topological polar surface area (TPSA) is 104 Å². The van der Waals surface area contributed by atoms with Crippen molar-refractivity contribution in [3.05, 3.63) is 46.7 Å². The Morgan fingerprint density at radius 3 is 2.67 bits per heavy atom. The van der Waals surface area contributed by atoms with Gasteiger partial charge in [-0.3, -0.25) is 0 Å². The van der Waals surface area contributed by atoms with E-state index in [0.717, 1.165) is 22.1 Å². The molecule has 0 radical (unpaired) electrons. The first-order valence-corrected chi connectivity index (χ1v) is 10.3. The molecule has 0 spiro atoms. The van der Waals surface area contributed by atoms with Gasteiger partial charge in [-0.2, -0.15) is 0 Å². The predicted octanol–water partition coefficient (Wildman–Crippen LogP) is 2.96. The number of tetrazole rings is 1. The van der Waals surface area contributed by atoms with Gasteiger partial charge < -0.3 is 14.3 Å². The molecule has 1 aliphatic rings. The SMILES string of the molecule is CC(C)(C)OC(=O)ON1CC(c2nc(COc3ccc(-n4cnnn4)cc3)cs2)C1. The molecule has 1 aromatic carbocycles. The highest BCUT2D eigenvalue weighted by Crippen LogP contribution is 2.30. The monoisotopic (exact) mass is 430 g/mol. The second-order valence-electron chi connectivity index (χ2n) is 7.81. The molecular weight excluding hydrogens is 408 g/mol. The first kappa shape index (κ1) is 20.2. The average molecular weight is 430 g/mol. The summed E-state index contributed by atoms with van der Waals surface area (Å²) in [7, 11) is 0. The lowest BCUT2D eigenvalue weighted by Gasteiger charge is -2.35. The molecule has 2 aromatic heterocycles. The highest BCUT2D eigenvalue weighted by molar-refractivity contribution is 7.09. The van der Waals surface area contributed by atoms with Gasteiger partial charge in [0.25, 0.3) is 0 Å². The molecule has 158 valence electrons. The summed E-state index contributed by atoms with van der Waals surface area (Å²) in [6.45, 7) is 6.99. The van der Waals surface area contributed by atoms with Crippen LogP contribution in [0.2, 0.25) is 0 Å². The molecule has 3 aromatic rings. The Morgan fingerprint density at radius 2 is 2.00 bits per heavy atom. The molecule has 3 heterocycles. The zero-order chi connectivity index (χ0) is 21.1. The van der Waals surface area contributed by atoms with Gasteiger partial charge >= 0.3 is 6.16 Å². The maximum atomic E-state index is 11.7. The van der Waals surface area contributed by atoms with Crippen LogP contribution < -0.4 is 4.74 Å². The number of rotatable bonds is 6. The van der Waals surface area contributed by atoms with E-state index in [0.29, 0.717) is 19.7 Å². The van der Waals surface area contributed by atoms with Gasteiger partial charge in [0, 0.05) is 24.4 Å². The van der Waals surface area contributed by atoms with Gasteiger partial charge in [0.1, 0.15) is 24.3 Å². The summed E-state index contributed by atoms with van der Waals surface area (Å²) < 4.78 is 12.5. The first-order chi connectivity index (χ1) is 14.4. The van der Waals surface area contributed by atoms with Gasteiger partial charge in [-0.05, 0) is 55.5 Å². The number of hydrogen-bond acceptors (Lipinski definition) is 10. The summed E-state index contributed by atoms with van der Waals surface area (Å²) in [6, 6.07) is 7.49. The Morgan fingerprint density at radius 1 is 1.23 bits per heavy atom. The van der Waals surface area contributed by atoms with Crippen molar-refractivity contribution in [3.8, 4) is 11.4 Å². The van der Waals surface area contributed by atoms with Crippen molar-refractivity contribution >= 4 is 17.5 Å². The molecule has 0 aliphatic carbocycles. The van der Waals surface area contributed by atoms with Crippen LogP contribution >= 0.6 is 11.3 Å². The average Bonchev–Trinajstić information content (AvgIpc) is 3.34. The number of nitrogens with zero attached hydrogens (tertiary/aromatic N) is 6. The number of aromatic nitrogens is 5. The van der Waals surface area contributed by atoms with Crippen LogP contribution in [0.1, 0.15) is 37.4 Å². The highest BCUT2D eigenvalue weighted by atomic mass is 32.1. The molecule has 1 aliphatic heterocycles. The van der Waals surface area contributed by atoms with E-state index in [1.807, 2.05) is 29.6 Å². The maximum Gasteiger partial charge on any atom is 0.528 e. The molecule has 0 amide bonds. The summed E-state index contributed by atoms with van der Waals surface area (Å²) in [6.07, 6.45) is 0.854. The Hall–Kier alpha value is -3.05. The molecule has 0 atom stereocenters. The standard InChI is InChI=1S/C19H22N6O4S/c1-19(2,3)28-18(26)29-24-8-13(9-24)17-21-14(11-30-17)10-27-16-6-4-15(5-7-16)25-12-20-22-23-25/h4-7,11-13H,8-10H2,1-3H3. The van der Waals surface area contributed by atoms with Crippen molar-refractivity contribution in [2.75, 3.05) is 13.1 Å². The van der Waals surface area contributed by atoms with E-state index in [-0.39, 0.29) is 5.92 Å². The number of carbonyl (C=O) groups excluding carboxylic acids is 1. The minimum absolute atomic E-state index is 0.238. The van der Waals surface area contributed by atoms with Crippen molar-refractivity contribution in [3.63, 3.8) is 0 Å². The van der Waals surface area contributed by atoms with Crippen LogP contribution in [0.3, 0.4) is 0 Å². The van der Waals surface area contributed by atoms with E-state index in [2.05, 4.69) is 20.5 Å². The minimum atomic E-state index is -0.680. The lowest BCUT2D eigenvalue weighted by molar-refractivity contribution is -0.182. The Balaban J connectivity index is 1.23. The third-order valence-electron chi connectivity index (χ3n) is 4.20. The van der Waals surface area contributed by atoms with Crippen LogP contribution in [0.4, 0.5) is 4.79 Å². The Kier molecular flexibility index (Phi) is 5.64. The van der Waals surface area contributed by atoms with E-state index < -0.39 is 11.8 Å². The fourth-order valence-corrected chi connectivity index (χ4v) is 3.64. The third-order valence-corrected chi connectivity index (χ3v) is 5.25. The van der Waals surface area contributed by atoms with E-state index in [9.17, 15) is 4.79 Å². The van der Waals surface area contributed by atoms with E-state index in [4.69, 9.17) is 14.3 Å². The number of thiazole rings is 1. The molecular formula is C19H22N6O4S. The number of hydrogen-bond donors (Lipinski definition) is 0. The van der Waals surface area contributed by atoms with Gasteiger partial charge in [-0.25, -0.2) is 14.5 Å². The highest BCUT2D eigenvalue weighted by Gasteiger charge is 2.34. The number of ether oxygens (including phenoxy) is 2. The summed E-state index contributed by atoms with van der Waals surface area (Å²) in [5.41, 5.74) is 1.15. The summed E-state index contributed by atoms with van der Waals surface area (Å²) in [5.74, 6) is 0.976. The van der Waals surface area contributed by atoms with Gasteiger partial charge in [0.15, 0.2) is 0 Å². The first-order valence-electron chi connectivity index (χ1n) is 9.42. The quantitative estimate of drug-likeness (QED) is 0.546. The zero-order valence-electron chi connectivity index (χ0n) is 16.9. The molecule has 0 N–H and O–H groups in total. The van der Waals surface area contributed by atoms with Crippen LogP contribution in [0.5, 0.6) is 5.75 Å². The molecule has 10 nitrogen and oxygen atoms in total. The maximum absolute atomic E-state index is 11.7. The van der Waals surface area contributed by atoms with Crippen LogP contribution in [0, 0.1) is 0 Å². The van der Waals surface area contributed by atoms with Gasteiger partial charge in [0.05, 0.1) is 16.4 Å². The van der Waals surface area contributed by atoms with Crippen molar-refractivity contribution < 1.29 is 19.1 Å². The molecule has 0 saturated carbocycles. The van der Waals surface area contributed by atoms with Crippen molar-refractivity contribution in [1.29, 1.82) is 0 Å². The van der Waals surface area contributed by atoms with Gasteiger partial charge in [-0.15, -0.1) is 21.5 Å². The smallest absolute Gasteiger partial charge is 0.487 e. The molecule has 1 fully saturated rings. The fraction of sp³-hybridized carbons (Fsp3) is 0.421. The minimum Gasteiger partial charge on any atom is -0.487 e. The van der Waals surface area contributed by atoms with E-state index >= 15 is 0 Å². The van der Waals surface area contributed by atoms with Crippen LogP contribution in [-0.2, 0) is 16.2 Å². The molecule has 0 bridgehead atoms. The molecule has 30 heavy (non-hydrogen) atoms. The second-order valence-corrected chi connectivity index (χ2v) is 8.70. The zero-order valence-corrected chi connectivity index (χ0v) is 17.7. The predicted molar refractivity (Wildman–Crippen MR) is 107 cm³/mol. The Labute approximate surface area is 177 Å². The molecule has 4 rings (SSSR count). The number of carbonyl (C=O) groups is 1. The van der Waals surface area contributed by atoms with Crippen molar-refractivity contribution in [2.24, 2.45) is 0 Å². The summed E-state index contributed by atoms with van der Waals surface area (Å²) >= 11 is 1.59. The third kappa shape index (κ3) is 5.10. The number of hydroxylamine groups is 2. The fourth-order valence-electron chi connectivity index (χ4n) is 2.75. The van der Waals surface area contributed by atoms with Crippen molar-refractivity contribution in [1.82, 2.24) is 30.3 Å². The molecule has 0 unspecified atom stereocenters. The van der Waals surface area contributed by atoms with Crippen molar-refractivity contribution in [2.45, 2.75) is 38.9 Å².